The zero-order valence-corrected chi connectivity index (χ0v) is 22.3. The van der Waals surface area contributed by atoms with Gasteiger partial charge in [-0.2, -0.15) is 4.31 Å². The summed E-state index contributed by atoms with van der Waals surface area (Å²) in [5, 5.41) is 0.960. The van der Waals surface area contributed by atoms with Crippen LogP contribution in [-0.2, 0) is 27.9 Å². The number of para-hydroxylation sites is 1. The highest BCUT2D eigenvalue weighted by Gasteiger charge is 2.35. The van der Waals surface area contributed by atoms with Crippen molar-refractivity contribution >= 4 is 38.6 Å². The Balaban J connectivity index is 1.13. The zero-order chi connectivity index (χ0) is 26.4. The van der Waals surface area contributed by atoms with Crippen LogP contribution < -0.4 is 4.90 Å². The molecule has 0 saturated carbocycles. The van der Waals surface area contributed by atoms with Gasteiger partial charge in [-0.1, -0.05) is 18.2 Å². The molecule has 3 aliphatic rings. The van der Waals surface area contributed by atoms with E-state index in [1.54, 1.807) is 9.21 Å². The fourth-order valence-corrected chi connectivity index (χ4v) is 7.35. The van der Waals surface area contributed by atoms with Crippen LogP contribution in [0.25, 0.3) is 10.9 Å². The van der Waals surface area contributed by atoms with Gasteiger partial charge in [0.2, 0.25) is 10.0 Å². The van der Waals surface area contributed by atoms with E-state index in [4.69, 9.17) is 4.74 Å². The Morgan fingerprint density at radius 3 is 2.61 bits per heavy atom. The Labute approximate surface area is 222 Å². The number of cyclic esters (lactones) is 1. The lowest BCUT2D eigenvalue weighted by atomic mass is 10.00. The summed E-state index contributed by atoms with van der Waals surface area (Å²) in [6, 6.07) is 15.5. The number of nitrogens with zero attached hydrogens (tertiary/aromatic N) is 4. The molecule has 9 nitrogen and oxygen atoms in total. The summed E-state index contributed by atoms with van der Waals surface area (Å²) in [6.45, 7) is 2.60. The van der Waals surface area contributed by atoms with Crippen LogP contribution in [0.3, 0.4) is 0 Å². The Bertz CT molecular complexity index is 1490. The molecule has 2 fully saturated rings. The van der Waals surface area contributed by atoms with Crippen molar-refractivity contribution in [3.63, 3.8) is 0 Å². The highest BCUT2D eigenvalue weighted by molar-refractivity contribution is 7.88. The van der Waals surface area contributed by atoms with Crippen molar-refractivity contribution in [3.05, 3.63) is 65.9 Å². The summed E-state index contributed by atoms with van der Waals surface area (Å²) < 4.78 is 33.3. The van der Waals surface area contributed by atoms with Crippen molar-refractivity contribution in [3.8, 4) is 0 Å². The van der Waals surface area contributed by atoms with Crippen LogP contribution in [0.5, 0.6) is 0 Å². The van der Waals surface area contributed by atoms with E-state index in [0.29, 0.717) is 51.2 Å². The molecule has 3 aliphatic heterocycles. The summed E-state index contributed by atoms with van der Waals surface area (Å²) >= 11 is 0. The minimum Gasteiger partial charge on any atom is -0.444 e. The number of rotatable bonds is 5. The van der Waals surface area contributed by atoms with E-state index in [9.17, 15) is 18.0 Å². The molecule has 6 rings (SSSR count). The van der Waals surface area contributed by atoms with E-state index in [1.807, 2.05) is 59.6 Å². The zero-order valence-electron chi connectivity index (χ0n) is 21.5. The Morgan fingerprint density at radius 1 is 1.03 bits per heavy atom. The number of aromatic nitrogens is 1. The van der Waals surface area contributed by atoms with Gasteiger partial charge in [0.25, 0.3) is 5.91 Å². The van der Waals surface area contributed by atoms with Crippen LogP contribution in [0.4, 0.5) is 10.5 Å². The number of sulfonamides is 1. The van der Waals surface area contributed by atoms with Crippen molar-refractivity contribution in [2.75, 3.05) is 30.8 Å². The number of hydrogen-bond acceptors (Lipinski definition) is 5. The highest BCUT2D eigenvalue weighted by Crippen LogP contribution is 2.32. The van der Waals surface area contributed by atoms with E-state index < -0.39 is 10.0 Å². The molecule has 0 bridgehead atoms. The lowest BCUT2D eigenvalue weighted by molar-refractivity contribution is 0.0708. The molecule has 0 N–H and O–H groups in total. The first-order chi connectivity index (χ1) is 18.3. The van der Waals surface area contributed by atoms with Gasteiger partial charge in [0.1, 0.15) is 6.61 Å². The van der Waals surface area contributed by atoms with Gasteiger partial charge < -0.3 is 14.2 Å². The molecule has 200 valence electrons. The van der Waals surface area contributed by atoms with E-state index in [0.717, 1.165) is 35.0 Å². The monoisotopic (exact) mass is 536 g/mol. The molecular formula is C28H32N4O5S. The molecule has 2 amide bonds. The van der Waals surface area contributed by atoms with Crippen molar-refractivity contribution < 1.29 is 22.7 Å². The average Bonchev–Trinajstić information content (AvgIpc) is 3.55. The smallest absolute Gasteiger partial charge is 0.414 e. The molecule has 0 aliphatic carbocycles. The normalized spacial score (nSPS) is 21.1. The third kappa shape index (κ3) is 4.56. The summed E-state index contributed by atoms with van der Waals surface area (Å²) in [4.78, 5) is 29.6. The van der Waals surface area contributed by atoms with E-state index in [-0.39, 0.29) is 24.1 Å². The van der Waals surface area contributed by atoms with Gasteiger partial charge in [0, 0.05) is 66.5 Å². The third-order valence-electron chi connectivity index (χ3n) is 8.09. The number of piperidine rings is 1. The summed E-state index contributed by atoms with van der Waals surface area (Å²) in [5.41, 5.74) is 3.53. The van der Waals surface area contributed by atoms with E-state index in [1.165, 1.54) is 6.26 Å². The molecule has 0 unspecified atom stereocenters. The number of hydrogen-bond donors (Lipinski definition) is 0. The molecule has 0 radical (unpaired) electrons. The number of amides is 2. The largest absolute Gasteiger partial charge is 0.444 e. The Morgan fingerprint density at radius 2 is 1.82 bits per heavy atom. The number of carbonyl (C=O) groups is 2. The van der Waals surface area contributed by atoms with Crippen LogP contribution >= 0.6 is 0 Å². The minimum absolute atomic E-state index is 0.00778. The van der Waals surface area contributed by atoms with Crippen LogP contribution in [0.2, 0.25) is 0 Å². The van der Waals surface area contributed by atoms with Gasteiger partial charge in [0.05, 0.1) is 11.9 Å². The van der Waals surface area contributed by atoms with Crippen molar-refractivity contribution in [1.82, 2.24) is 13.8 Å². The molecule has 4 heterocycles. The first-order valence-corrected chi connectivity index (χ1v) is 15.0. The standard InChI is InChI=1S/C28H32N4O5S/c1-38(35,36)31-13-4-6-24(31)18-30-14-10-20-17-21(8-9-25(20)30)27(33)29-15-11-23(12-16-29)32-26-7-3-2-5-22(26)19-37-28(32)34/h2-3,5,7-10,14,17,23-24H,4,6,11-13,15-16,18-19H2,1H3/t24-/m0/s1. The number of likely N-dealkylation sites (tertiary alicyclic amines) is 1. The third-order valence-corrected chi connectivity index (χ3v) is 9.42. The molecule has 1 aromatic heterocycles. The fraction of sp³-hybridized carbons (Fsp3) is 0.429. The molecule has 1 atom stereocenters. The minimum atomic E-state index is -3.23. The van der Waals surface area contributed by atoms with Crippen LogP contribution in [0.1, 0.15) is 41.6 Å². The van der Waals surface area contributed by atoms with Gasteiger partial charge in [-0.25, -0.2) is 13.2 Å². The van der Waals surface area contributed by atoms with Gasteiger partial charge >= 0.3 is 6.09 Å². The van der Waals surface area contributed by atoms with Crippen LogP contribution in [0, 0.1) is 0 Å². The SMILES string of the molecule is CS(=O)(=O)N1CCC[C@H]1Cn1ccc2cc(C(=O)N3CCC(N4C(=O)OCc5ccccc54)CC3)ccc21. The van der Waals surface area contributed by atoms with E-state index >= 15 is 0 Å². The maximum atomic E-state index is 13.4. The van der Waals surface area contributed by atoms with Crippen LogP contribution in [0.15, 0.2) is 54.7 Å². The number of fused-ring (bicyclic) bond motifs is 2. The number of benzene rings is 2. The predicted octanol–water partition coefficient (Wildman–Crippen LogP) is 3.83. The lowest BCUT2D eigenvalue weighted by Gasteiger charge is -2.40. The number of ether oxygens (including phenoxy) is 1. The van der Waals surface area contributed by atoms with Gasteiger partial charge in [-0.3, -0.25) is 9.69 Å². The number of anilines is 1. The van der Waals surface area contributed by atoms with Crippen molar-refractivity contribution in [2.24, 2.45) is 0 Å². The molecular weight excluding hydrogens is 504 g/mol. The summed E-state index contributed by atoms with van der Waals surface area (Å²) in [5.74, 6) is -0.0150. The summed E-state index contributed by atoms with van der Waals surface area (Å²) in [6.07, 6.45) is 6.02. The molecule has 2 saturated heterocycles. The van der Waals surface area contributed by atoms with Crippen LogP contribution in [-0.4, -0.2) is 72.2 Å². The molecule has 0 spiro atoms. The Kier molecular flexibility index (Phi) is 6.39. The first-order valence-electron chi connectivity index (χ1n) is 13.2. The maximum absolute atomic E-state index is 13.4. The second kappa shape index (κ2) is 9.74. The predicted molar refractivity (Wildman–Crippen MR) is 145 cm³/mol. The quantitative estimate of drug-likeness (QED) is 0.494. The molecule has 2 aromatic carbocycles. The lowest BCUT2D eigenvalue weighted by Crippen LogP contribution is -2.50. The maximum Gasteiger partial charge on any atom is 0.414 e. The average molecular weight is 537 g/mol. The fourth-order valence-electron chi connectivity index (χ4n) is 6.18. The highest BCUT2D eigenvalue weighted by atomic mass is 32.2. The molecule has 10 heteroatoms. The van der Waals surface area contributed by atoms with Gasteiger partial charge in [-0.05, 0) is 56.0 Å². The summed E-state index contributed by atoms with van der Waals surface area (Å²) in [7, 11) is -3.23. The topological polar surface area (TPSA) is 92.2 Å². The molecule has 3 aromatic rings. The van der Waals surface area contributed by atoms with Gasteiger partial charge in [0.15, 0.2) is 0 Å². The van der Waals surface area contributed by atoms with E-state index in [2.05, 4.69) is 4.57 Å². The number of carbonyl (C=O) groups excluding carboxylic acids is 2. The second-order valence-electron chi connectivity index (χ2n) is 10.5. The van der Waals surface area contributed by atoms with Crippen molar-refractivity contribution in [2.45, 2.75) is 50.9 Å². The second-order valence-corrected chi connectivity index (χ2v) is 12.4. The first kappa shape index (κ1) is 24.9. The van der Waals surface area contributed by atoms with Crippen molar-refractivity contribution in [1.29, 1.82) is 0 Å². The van der Waals surface area contributed by atoms with Gasteiger partial charge in [-0.15, -0.1) is 0 Å². The molecule has 38 heavy (non-hydrogen) atoms. The Hall–Kier alpha value is -3.37.